The van der Waals surface area contributed by atoms with Gasteiger partial charge in [-0.2, -0.15) is 0 Å². The molecule has 1 aliphatic heterocycles. The predicted molar refractivity (Wildman–Crippen MR) is 138 cm³/mol. The maximum Gasteiger partial charge on any atom is 0.337 e. The van der Waals surface area contributed by atoms with E-state index in [9.17, 15) is 13.2 Å². The smallest absolute Gasteiger partial charge is 0.337 e. The Morgan fingerprint density at radius 2 is 1.83 bits per heavy atom. The summed E-state index contributed by atoms with van der Waals surface area (Å²) in [6.07, 6.45) is 0. The van der Waals surface area contributed by atoms with Crippen molar-refractivity contribution in [1.29, 1.82) is 0 Å². The Labute approximate surface area is 215 Å². The number of ether oxygens (including phenoxy) is 4. The zero-order valence-corrected chi connectivity index (χ0v) is 21.8. The van der Waals surface area contributed by atoms with Gasteiger partial charge in [0.25, 0.3) is 0 Å². The maximum atomic E-state index is 13.0. The Morgan fingerprint density at radius 3 is 2.58 bits per heavy atom. The average Bonchev–Trinajstić information content (AvgIpc) is 3.06. The van der Waals surface area contributed by atoms with Crippen LogP contribution in [0.1, 0.15) is 32.3 Å². The fourth-order valence-corrected chi connectivity index (χ4v) is 6.55. The lowest BCUT2D eigenvalue weighted by atomic mass is 9.98. The van der Waals surface area contributed by atoms with Crippen molar-refractivity contribution >= 4 is 27.8 Å². The van der Waals surface area contributed by atoms with Crippen LogP contribution < -0.4 is 18.9 Å². The Hall–Kier alpha value is -3.21. The number of fused-ring (bicyclic) bond motifs is 2. The number of carbonyl (C=O) groups is 1. The lowest BCUT2D eigenvalue weighted by molar-refractivity contribution is 0.0600. The van der Waals surface area contributed by atoms with Crippen LogP contribution in [0.2, 0.25) is 0 Å². The highest BCUT2D eigenvalue weighted by atomic mass is 32.2. The Kier molecular flexibility index (Phi) is 8.07. The number of hydrogen-bond acceptors (Lipinski definition) is 8. The first-order valence-corrected chi connectivity index (χ1v) is 13.7. The summed E-state index contributed by atoms with van der Waals surface area (Å²) >= 11 is 1.56. The first-order valence-electron chi connectivity index (χ1n) is 11.1. The quantitative estimate of drug-likeness (QED) is 0.326. The standard InChI is InChI=1S/C26H27NO7S2/c1-31-19-9-11-23(32-2)24(15-19)36(29,30)27-12-13-35-25-20-7-5-4-6-18(20)16-34-22-10-8-17(14-21(22)25)26(28)33-3/h4-11,14-15,25,27H,12-13,16H2,1-3H3. The fourth-order valence-electron chi connectivity index (χ4n) is 3.98. The molecule has 0 spiro atoms. The number of methoxy groups -OCH3 is 3. The van der Waals surface area contributed by atoms with Crippen LogP contribution in [0.4, 0.5) is 0 Å². The van der Waals surface area contributed by atoms with Gasteiger partial charge in [0, 0.05) is 23.9 Å². The van der Waals surface area contributed by atoms with E-state index in [-0.39, 0.29) is 22.4 Å². The Balaban J connectivity index is 1.56. The van der Waals surface area contributed by atoms with Gasteiger partial charge in [-0.3, -0.25) is 0 Å². The normalized spacial score (nSPS) is 14.6. The van der Waals surface area contributed by atoms with Crippen LogP contribution in [0.15, 0.2) is 65.6 Å². The lowest BCUT2D eigenvalue weighted by Crippen LogP contribution is -2.26. The zero-order chi connectivity index (χ0) is 25.7. The van der Waals surface area contributed by atoms with Gasteiger partial charge in [0.05, 0.1) is 32.1 Å². The SMILES string of the molecule is COC(=O)c1ccc2c(c1)C(SCCNS(=O)(=O)c1cc(OC)ccc1OC)c1ccccc1CO2. The molecule has 1 aliphatic rings. The van der Waals surface area contributed by atoms with E-state index in [1.165, 1.54) is 27.4 Å². The molecule has 1 N–H and O–H groups in total. The molecule has 0 aliphatic carbocycles. The molecule has 1 atom stereocenters. The van der Waals surface area contributed by atoms with Crippen LogP contribution in [0.5, 0.6) is 17.2 Å². The van der Waals surface area contributed by atoms with E-state index in [1.54, 1.807) is 42.1 Å². The minimum Gasteiger partial charge on any atom is -0.497 e. The van der Waals surface area contributed by atoms with Gasteiger partial charge in [-0.15, -0.1) is 11.8 Å². The Bertz CT molecular complexity index is 1360. The average molecular weight is 530 g/mol. The highest BCUT2D eigenvalue weighted by Gasteiger charge is 2.27. The number of sulfonamides is 1. The second kappa shape index (κ2) is 11.2. The van der Waals surface area contributed by atoms with E-state index in [0.717, 1.165) is 16.7 Å². The minimum absolute atomic E-state index is 0.00984. The number of thioether (sulfide) groups is 1. The predicted octanol–water partition coefficient (Wildman–Crippen LogP) is 4.18. The maximum absolute atomic E-state index is 13.0. The van der Waals surface area contributed by atoms with Crippen LogP contribution in [0.25, 0.3) is 0 Å². The van der Waals surface area contributed by atoms with Gasteiger partial charge in [0.2, 0.25) is 10.0 Å². The van der Waals surface area contributed by atoms with Crippen molar-refractivity contribution in [2.45, 2.75) is 16.8 Å². The number of benzene rings is 3. The second-order valence-electron chi connectivity index (χ2n) is 7.90. The largest absolute Gasteiger partial charge is 0.497 e. The highest BCUT2D eigenvalue weighted by Crippen LogP contribution is 2.44. The number of nitrogens with one attached hydrogen (secondary N) is 1. The van der Waals surface area contributed by atoms with Crippen LogP contribution >= 0.6 is 11.8 Å². The zero-order valence-electron chi connectivity index (χ0n) is 20.1. The van der Waals surface area contributed by atoms with E-state index < -0.39 is 16.0 Å². The summed E-state index contributed by atoms with van der Waals surface area (Å²) < 4.78 is 50.0. The summed E-state index contributed by atoms with van der Waals surface area (Å²) in [5.74, 6) is 1.36. The number of carbonyl (C=O) groups excluding carboxylic acids is 1. The van der Waals surface area contributed by atoms with Gasteiger partial charge >= 0.3 is 5.97 Å². The first-order chi connectivity index (χ1) is 17.4. The molecule has 8 nitrogen and oxygen atoms in total. The molecule has 36 heavy (non-hydrogen) atoms. The van der Waals surface area contributed by atoms with Crippen molar-refractivity contribution in [2.75, 3.05) is 33.6 Å². The summed E-state index contributed by atoms with van der Waals surface area (Å²) in [4.78, 5) is 12.2. The molecule has 190 valence electrons. The van der Waals surface area contributed by atoms with Crippen LogP contribution in [-0.2, 0) is 21.4 Å². The summed E-state index contributed by atoms with van der Waals surface area (Å²) in [6, 6.07) is 17.8. The molecule has 0 radical (unpaired) electrons. The number of hydrogen-bond donors (Lipinski definition) is 1. The number of esters is 1. The van der Waals surface area contributed by atoms with Crippen molar-refractivity contribution in [3.8, 4) is 17.2 Å². The number of rotatable bonds is 9. The first kappa shape index (κ1) is 25.9. The molecule has 1 unspecified atom stereocenters. The molecular formula is C26H27NO7S2. The molecule has 0 saturated carbocycles. The van der Waals surface area contributed by atoms with Gasteiger partial charge < -0.3 is 18.9 Å². The van der Waals surface area contributed by atoms with Gasteiger partial charge in [0.15, 0.2) is 0 Å². The third kappa shape index (κ3) is 5.45. The molecule has 3 aromatic rings. The molecule has 1 heterocycles. The van der Waals surface area contributed by atoms with Crippen LogP contribution in [0.3, 0.4) is 0 Å². The van der Waals surface area contributed by atoms with Gasteiger partial charge in [-0.1, -0.05) is 24.3 Å². The van der Waals surface area contributed by atoms with E-state index in [2.05, 4.69) is 4.72 Å². The van der Waals surface area contributed by atoms with Gasteiger partial charge in [0.1, 0.15) is 28.8 Å². The summed E-state index contributed by atoms with van der Waals surface area (Å²) in [6.45, 7) is 0.582. The Morgan fingerprint density at radius 1 is 1.03 bits per heavy atom. The molecule has 0 bridgehead atoms. The monoisotopic (exact) mass is 529 g/mol. The van der Waals surface area contributed by atoms with Gasteiger partial charge in [-0.05, 0) is 41.5 Å². The molecule has 10 heteroatoms. The molecule has 3 aromatic carbocycles. The van der Waals surface area contributed by atoms with Gasteiger partial charge in [-0.25, -0.2) is 17.9 Å². The van der Waals surface area contributed by atoms with Crippen molar-refractivity contribution in [3.05, 3.63) is 82.9 Å². The summed E-state index contributed by atoms with van der Waals surface area (Å²) in [7, 11) is 0.392. The second-order valence-corrected chi connectivity index (χ2v) is 10.8. The third-order valence-corrected chi connectivity index (χ3v) is 8.54. The minimum atomic E-state index is -3.84. The highest BCUT2D eigenvalue weighted by molar-refractivity contribution is 7.99. The van der Waals surface area contributed by atoms with Crippen LogP contribution in [0, 0.1) is 0 Å². The van der Waals surface area contributed by atoms with E-state index in [0.29, 0.717) is 29.4 Å². The topological polar surface area (TPSA) is 100 Å². The molecular weight excluding hydrogens is 502 g/mol. The third-order valence-electron chi connectivity index (χ3n) is 5.77. The lowest BCUT2D eigenvalue weighted by Gasteiger charge is -2.19. The molecule has 0 saturated heterocycles. The van der Waals surface area contributed by atoms with E-state index in [1.807, 2.05) is 24.3 Å². The van der Waals surface area contributed by atoms with Crippen molar-refractivity contribution in [3.63, 3.8) is 0 Å². The fraction of sp³-hybridized carbons (Fsp3) is 0.269. The van der Waals surface area contributed by atoms with Crippen molar-refractivity contribution in [2.24, 2.45) is 0 Å². The van der Waals surface area contributed by atoms with E-state index in [4.69, 9.17) is 18.9 Å². The molecule has 0 fully saturated rings. The molecule has 0 amide bonds. The van der Waals surface area contributed by atoms with E-state index >= 15 is 0 Å². The molecule has 4 rings (SSSR count). The van der Waals surface area contributed by atoms with Crippen molar-refractivity contribution < 1.29 is 32.2 Å². The summed E-state index contributed by atoms with van der Waals surface area (Å²) in [5.41, 5.74) is 3.36. The van der Waals surface area contributed by atoms with Crippen LogP contribution in [-0.4, -0.2) is 48.0 Å². The molecule has 0 aromatic heterocycles. The summed E-state index contributed by atoms with van der Waals surface area (Å²) in [5, 5.41) is -0.167. The van der Waals surface area contributed by atoms with Crippen molar-refractivity contribution in [1.82, 2.24) is 4.72 Å².